The Labute approximate surface area is 110 Å². The minimum Gasteiger partial charge on any atom is -0.480 e. The Morgan fingerprint density at radius 3 is 2.28 bits per heavy atom. The lowest BCUT2D eigenvalue weighted by Crippen LogP contribution is -2.35. The number of likely N-dealkylation sites (N-methyl/N-ethyl adjacent to an activating group) is 1. The molecule has 0 aliphatic rings. The van der Waals surface area contributed by atoms with Crippen molar-refractivity contribution in [1.82, 2.24) is 10.6 Å². The fourth-order valence-electron chi connectivity index (χ4n) is 1.36. The highest BCUT2D eigenvalue weighted by Gasteiger charge is 2.15. The van der Waals surface area contributed by atoms with E-state index in [1.165, 1.54) is 0 Å². The topological polar surface area (TPSA) is 78.4 Å². The van der Waals surface area contributed by atoms with Gasteiger partial charge in [0, 0.05) is 13.0 Å². The van der Waals surface area contributed by atoms with Crippen LogP contribution in [0.3, 0.4) is 0 Å². The normalized spacial score (nSPS) is 11.1. The number of aliphatic carboxylic acids is 1. The summed E-state index contributed by atoms with van der Waals surface area (Å²) in [7, 11) is 1.58. The molecular weight excluding hydrogens is 232 g/mol. The average molecular weight is 260 g/mol. The number of hydrogen-bond acceptors (Lipinski definition) is 3. The maximum Gasteiger partial charge on any atom is 0.320 e. The zero-order chi connectivity index (χ0) is 14.4. The molecule has 0 spiro atoms. The molecule has 0 radical (unpaired) electrons. The van der Waals surface area contributed by atoms with E-state index >= 15 is 0 Å². The maximum atomic E-state index is 11.3. The Balaban J connectivity index is 0. The van der Waals surface area contributed by atoms with Gasteiger partial charge in [-0.15, -0.1) is 0 Å². The number of carboxylic acid groups (broad SMARTS) is 1. The lowest BCUT2D eigenvalue weighted by Gasteiger charge is -2.10. The van der Waals surface area contributed by atoms with E-state index in [4.69, 9.17) is 5.11 Å². The van der Waals surface area contributed by atoms with E-state index in [9.17, 15) is 9.59 Å². The molecule has 5 heteroatoms. The number of unbranched alkanes of at least 4 members (excludes halogenated alkanes) is 2. The molecule has 1 amide bonds. The van der Waals surface area contributed by atoms with Crippen LogP contribution in [0.25, 0.3) is 0 Å². The molecule has 18 heavy (non-hydrogen) atoms. The van der Waals surface area contributed by atoms with Gasteiger partial charge in [0.1, 0.15) is 6.04 Å². The van der Waals surface area contributed by atoms with Crippen molar-refractivity contribution in [3.63, 3.8) is 0 Å². The van der Waals surface area contributed by atoms with Gasteiger partial charge in [0.05, 0.1) is 0 Å². The van der Waals surface area contributed by atoms with Crippen molar-refractivity contribution in [2.75, 3.05) is 13.6 Å². The Morgan fingerprint density at radius 1 is 1.22 bits per heavy atom. The molecule has 0 aromatic carbocycles. The highest BCUT2D eigenvalue weighted by Crippen LogP contribution is 1.98. The van der Waals surface area contributed by atoms with Crippen LogP contribution in [0.2, 0.25) is 0 Å². The highest BCUT2D eigenvalue weighted by atomic mass is 16.4. The molecular formula is C13H28N2O3. The molecule has 0 saturated carbocycles. The van der Waals surface area contributed by atoms with Crippen LogP contribution in [0.5, 0.6) is 0 Å². The SMILES string of the molecule is CC.CCCCCNC(=O)CCC(NC)C(=O)O. The summed E-state index contributed by atoms with van der Waals surface area (Å²) in [5, 5.41) is 14.2. The van der Waals surface area contributed by atoms with Crippen molar-refractivity contribution in [2.45, 2.75) is 58.9 Å². The zero-order valence-corrected chi connectivity index (χ0v) is 12.1. The first kappa shape index (κ1) is 19.2. The van der Waals surface area contributed by atoms with Crippen LogP contribution in [-0.2, 0) is 9.59 Å². The van der Waals surface area contributed by atoms with Gasteiger partial charge in [-0.2, -0.15) is 0 Å². The molecule has 1 unspecified atom stereocenters. The number of nitrogens with one attached hydrogen (secondary N) is 2. The number of carboxylic acids is 1. The van der Waals surface area contributed by atoms with E-state index in [1.54, 1.807) is 7.05 Å². The van der Waals surface area contributed by atoms with Gasteiger partial charge in [-0.3, -0.25) is 9.59 Å². The van der Waals surface area contributed by atoms with Gasteiger partial charge in [0.2, 0.25) is 5.91 Å². The molecule has 0 aliphatic heterocycles. The van der Waals surface area contributed by atoms with Gasteiger partial charge in [0.25, 0.3) is 0 Å². The quantitative estimate of drug-likeness (QED) is 0.552. The smallest absolute Gasteiger partial charge is 0.320 e. The molecule has 5 nitrogen and oxygen atoms in total. The molecule has 0 bridgehead atoms. The minimum absolute atomic E-state index is 0.0717. The predicted octanol–water partition coefficient (Wildman–Crippen LogP) is 1.77. The van der Waals surface area contributed by atoms with Crippen LogP contribution >= 0.6 is 0 Å². The van der Waals surface area contributed by atoms with E-state index in [0.29, 0.717) is 13.0 Å². The summed E-state index contributed by atoms with van der Waals surface area (Å²) < 4.78 is 0. The molecule has 0 aromatic heterocycles. The van der Waals surface area contributed by atoms with Crippen molar-refractivity contribution in [3.05, 3.63) is 0 Å². The summed E-state index contributed by atoms with van der Waals surface area (Å²) in [6.45, 7) is 6.79. The number of carbonyl (C=O) groups excluding carboxylic acids is 1. The van der Waals surface area contributed by atoms with E-state index in [2.05, 4.69) is 17.6 Å². The van der Waals surface area contributed by atoms with Crippen LogP contribution in [0, 0.1) is 0 Å². The second-order valence-electron chi connectivity index (χ2n) is 3.78. The molecule has 0 aliphatic carbocycles. The van der Waals surface area contributed by atoms with Gasteiger partial charge in [0.15, 0.2) is 0 Å². The van der Waals surface area contributed by atoms with Crippen LogP contribution in [0.4, 0.5) is 0 Å². The largest absolute Gasteiger partial charge is 0.480 e. The Hall–Kier alpha value is -1.10. The third-order valence-electron chi connectivity index (χ3n) is 2.41. The molecule has 0 rings (SSSR count). The van der Waals surface area contributed by atoms with E-state index < -0.39 is 12.0 Å². The standard InChI is InChI=1S/C11H22N2O3.C2H6/c1-3-4-5-8-13-10(14)7-6-9(12-2)11(15)16;1-2/h9,12H,3-8H2,1-2H3,(H,13,14)(H,15,16);1-2H3. The predicted molar refractivity (Wildman–Crippen MR) is 73.6 cm³/mol. The molecule has 108 valence electrons. The number of rotatable bonds is 9. The second kappa shape index (κ2) is 14.0. The van der Waals surface area contributed by atoms with Gasteiger partial charge < -0.3 is 15.7 Å². The van der Waals surface area contributed by atoms with Gasteiger partial charge in [-0.05, 0) is 19.9 Å². The number of carbonyl (C=O) groups is 2. The summed E-state index contributed by atoms with van der Waals surface area (Å²) in [5.74, 6) is -0.987. The molecule has 0 heterocycles. The summed E-state index contributed by atoms with van der Waals surface area (Å²) in [4.78, 5) is 22.0. The molecule has 1 atom stereocenters. The molecule has 3 N–H and O–H groups in total. The summed E-state index contributed by atoms with van der Waals surface area (Å²) in [5.41, 5.74) is 0. The number of hydrogen-bond donors (Lipinski definition) is 3. The van der Waals surface area contributed by atoms with E-state index in [1.807, 2.05) is 13.8 Å². The first-order valence-corrected chi connectivity index (χ1v) is 6.78. The van der Waals surface area contributed by atoms with Crippen LogP contribution in [0.1, 0.15) is 52.9 Å². The first-order valence-electron chi connectivity index (χ1n) is 6.78. The lowest BCUT2D eigenvalue weighted by molar-refractivity contribution is -0.139. The summed E-state index contributed by atoms with van der Waals surface area (Å²) >= 11 is 0. The fraction of sp³-hybridized carbons (Fsp3) is 0.846. The van der Waals surface area contributed by atoms with Crippen molar-refractivity contribution in [1.29, 1.82) is 0 Å². The van der Waals surface area contributed by atoms with E-state index in [0.717, 1.165) is 19.3 Å². The Morgan fingerprint density at radius 2 is 1.83 bits per heavy atom. The average Bonchev–Trinajstić information content (AvgIpc) is 2.37. The summed E-state index contributed by atoms with van der Waals surface area (Å²) in [6.07, 6.45) is 3.79. The maximum absolute atomic E-state index is 11.3. The van der Waals surface area contributed by atoms with E-state index in [-0.39, 0.29) is 12.3 Å². The van der Waals surface area contributed by atoms with Crippen molar-refractivity contribution >= 4 is 11.9 Å². The van der Waals surface area contributed by atoms with Crippen LogP contribution in [0.15, 0.2) is 0 Å². The third kappa shape index (κ3) is 11.4. The molecule has 0 aromatic rings. The van der Waals surface area contributed by atoms with Gasteiger partial charge in [-0.1, -0.05) is 33.6 Å². The minimum atomic E-state index is -0.915. The Bertz CT molecular complexity index is 220. The lowest BCUT2D eigenvalue weighted by atomic mass is 10.1. The van der Waals surface area contributed by atoms with Crippen molar-refractivity contribution in [2.24, 2.45) is 0 Å². The third-order valence-corrected chi connectivity index (χ3v) is 2.41. The molecule has 0 fully saturated rings. The Kier molecular flexibility index (Phi) is 14.9. The first-order chi connectivity index (χ1) is 8.61. The zero-order valence-electron chi connectivity index (χ0n) is 12.1. The van der Waals surface area contributed by atoms with Crippen LogP contribution in [-0.4, -0.2) is 36.6 Å². The second-order valence-corrected chi connectivity index (χ2v) is 3.78. The van der Waals surface area contributed by atoms with Crippen molar-refractivity contribution < 1.29 is 14.7 Å². The fourth-order valence-corrected chi connectivity index (χ4v) is 1.36. The van der Waals surface area contributed by atoms with Crippen LogP contribution < -0.4 is 10.6 Å². The van der Waals surface area contributed by atoms with Crippen molar-refractivity contribution in [3.8, 4) is 0 Å². The van der Waals surface area contributed by atoms with Gasteiger partial charge in [-0.25, -0.2) is 0 Å². The van der Waals surface area contributed by atoms with Gasteiger partial charge >= 0.3 is 5.97 Å². The summed E-state index contributed by atoms with van der Waals surface area (Å²) in [6, 6.07) is -0.638. The molecule has 0 saturated heterocycles. The highest BCUT2D eigenvalue weighted by molar-refractivity contribution is 5.78. The monoisotopic (exact) mass is 260 g/mol. The number of amides is 1.